The molecule has 148 valence electrons. The molecule has 0 bridgehead atoms. The summed E-state index contributed by atoms with van der Waals surface area (Å²) in [5.74, 6) is 0. The fourth-order valence-electron chi connectivity index (χ4n) is 3.23. The molecule has 0 atom stereocenters. The summed E-state index contributed by atoms with van der Waals surface area (Å²) in [6, 6.07) is 2.61. The zero-order chi connectivity index (χ0) is 19.6. The van der Waals surface area contributed by atoms with E-state index in [-0.39, 0.29) is 37.9 Å². The van der Waals surface area contributed by atoms with Gasteiger partial charge < -0.3 is 19.4 Å². The summed E-state index contributed by atoms with van der Waals surface area (Å²) >= 11 is 0. The number of carbonyl (C=O) groups is 1. The van der Waals surface area contributed by atoms with Gasteiger partial charge in [0.25, 0.3) is 5.69 Å². The lowest BCUT2D eigenvalue weighted by Gasteiger charge is -2.39. The minimum Gasteiger partial charge on any atom is -0.378 e. The Morgan fingerprint density at radius 2 is 1.63 bits per heavy atom. The summed E-state index contributed by atoms with van der Waals surface area (Å²) in [5, 5.41) is 10.8. The second-order valence-electron chi connectivity index (χ2n) is 6.31. The van der Waals surface area contributed by atoms with Crippen molar-refractivity contribution >= 4 is 17.4 Å². The largest absolute Gasteiger partial charge is 0.418 e. The Kier molecular flexibility index (Phi) is 5.40. The number of nitro benzene ring substituents is 1. The van der Waals surface area contributed by atoms with Gasteiger partial charge in [0.1, 0.15) is 0 Å². The number of urea groups is 1. The maximum Gasteiger partial charge on any atom is 0.418 e. The van der Waals surface area contributed by atoms with Crippen LogP contribution in [-0.4, -0.2) is 73.2 Å². The first-order valence-corrected chi connectivity index (χ1v) is 8.49. The normalized spacial score (nSPS) is 18.6. The molecule has 0 aliphatic carbocycles. The Balaban J connectivity index is 1.72. The number of nitro groups is 1. The van der Waals surface area contributed by atoms with Crippen LogP contribution in [0.1, 0.15) is 5.56 Å². The van der Waals surface area contributed by atoms with Gasteiger partial charge in [-0.1, -0.05) is 0 Å². The summed E-state index contributed by atoms with van der Waals surface area (Å²) < 4.78 is 45.3. The number of rotatable bonds is 2. The number of morpholine rings is 1. The Labute approximate surface area is 153 Å². The Bertz CT molecular complexity index is 714. The molecule has 2 heterocycles. The minimum absolute atomic E-state index is 0.105. The van der Waals surface area contributed by atoms with E-state index in [9.17, 15) is 28.1 Å². The topological polar surface area (TPSA) is 79.2 Å². The molecule has 0 unspecified atom stereocenters. The van der Waals surface area contributed by atoms with Crippen molar-refractivity contribution in [2.24, 2.45) is 0 Å². The highest BCUT2D eigenvalue weighted by molar-refractivity contribution is 5.75. The maximum absolute atomic E-state index is 13.4. The molecule has 2 fully saturated rings. The number of amides is 2. The summed E-state index contributed by atoms with van der Waals surface area (Å²) in [6.07, 6.45) is -4.71. The molecule has 8 nitrogen and oxygen atoms in total. The molecule has 0 spiro atoms. The molecule has 0 radical (unpaired) electrons. The molecular weight excluding hydrogens is 369 g/mol. The van der Waals surface area contributed by atoms with Crippen molar-refractivity contribution in [3.05, 3.63) is 33.9 Å². The fraction of sp³-hybridized carbons (Fsp3) is 0.562. The number of benzene rings is 1. The molecule has 1 aromatic carbocycles. The number of ether oxygens (including phenoxy) is 1. The van der Waals surface area contributed by atoms with Crippen LogP contribution in [0.4, 0.5) is 29.3 Å². The lowest BCUT2D eigenvalue weighted by Crippen LogP contribution is -2.55. The minimum atomic E-state index is -4.71. The number of non-ortho nitro benzene ring substituents is 1. The van der Waals surface area contributed by atoms with Crippen LogP contribution in [0.15, 0.2) is 18.2 Å². The summed E-state index contributed by atoms with van der Waals surface area (Å²) in [4.78, 5) is 27.2. The molecule has 0 N–H and O–H groups in total. The fourth-order valence-corrected chi connectivity index (χ4v) is 3.23. The molecule has 11 heteroatoms. The third-order valence-corrected chi connectivity index (χ3v) is 4.67. The zero-order valence-electron chi connectivity index (χ0n) is 14.4. The number of alkyl halides is 3. The number of nitrogens with zero attached hydrogens (tertiary/aromatic N) is 4. The van der Waals surface area contributed by atoms with Crippen LogP contribution in [0.5, 0.6) is 0 Å². The first-order valence-electron chi connectivity index (χ1n) is 8.49. The molecule has 27 heavy (non-hydrogen) atoms. The Morgan fingerprint density at radius 3 is 2.19 bits per heavy atom. The number of hydrogen-bond acceptors (Lipinski definition) is 5. The van der Waals surface area contributed by atoms with E-state index in [1.165, 1.54) is 4.90 Å². The average molecular weight is 388 g/mol. The Hall–Kier alpha value is -2.56. The summed E-state index contributed by atoms with van der Waals surface area (Å²) in [5.41, 5.74) is -1.75. The van der Waals surface area contributed by atoms with E-state index >= 15 is 0 Å². The van der Waals surface area contributed by atoms with Gasteiger partial charge in [-0.2, -0.15) is 13.2 Å². The molecule has 3 rings (SSSR count). The van der Waals surface area contributed by atoms with Gasteiger partial charge in [-0.3, -0.25) is 10.1 Å². The van der Waals surface area contributed by atoms with E-state index in [4.69, 9.17) is 4.74 Å². The van der Waals surface area contributed by atoms with Crippen molar-refractivity contribution in [1.82, 2.24) is 9.80 Å². The van der Waals surface area contributed by atoms with Gasteiger partial charge in [0.15, 0.2) is 0 Å². The smallest absolute Gasteiger partial charge is 0.378 e. The van der Waals surface area contributed by atoms with Crippen LogP contribution in [0.3, 0.4) is 0 Å². The van der Waals surface area contributed by atoms with Crippen molar-refractivity contribution in [3.8, 4) is 0 Å². The predicted octanol–water partition coefficient (Wildman–Crippen LogP) is 2.19. The zero-order valence-corrected chi connectivity index (χ0v) is 14.4. The monoisotopic (exact) mass is 388 g/mol. The number of halogens is 3. The molecule has 0 aromatic heterocycles. The van der Waals surface area contributed by atoms with E-state index in [1.807, 2.05) is 0 Å². The maximum atomic E-state index is 13.4. The lowest BCUT2D eigenvalue weighted by molar-refractivity contribution is -0.385. The molecule has 2 aliphatic heterocycles. The van der Waals surface area contributed by atoms with Gasteiger partial charge in [0.2, 0.25) is 0 Å². The Morgan fingerprint density at radius 1 is 1.04 bits per heavy atom. The van der Waals surface area contributed by atoms with E-state index in [0.717, 1.165) is 12.1 Å². The number of hydrogen-bond donors (Lipinski definition) is 0. The van der Waals surface area contributed by atoms with Crippen LogP contribution >= 0.6 is 0 Å². The number of anilines is 1. The van der Waals surface area contributed by atoms with Crippen LogP contribution in [-0.2, 0) is 10.9 Å². The standard InChI is InChI=1S/C16H19F3N4O4/c17-16(18,19)13-11-12(23(25)26)1-2-14(13)20-3-5-21(6-4-20)15(24)22-7-9-27-10-8-22/h1-2,11H,3-10H2. The average Bonchev–Trinajstić information content (AvgIpc) is 2.67. The highest BCUT2D eigenvalue weighted by Gasteiger charge is 2.37. The lowest BCUT2D eigenvalue weighted by atomic mass is 10.1. The second-order valence-corrected chi connectivity index (χ2v) is 6.31. The molecule has 2 saturated heterocycles. The molecule has 2 amide bonds. The summed E-state index contributed by atoms with van der Waals surface area (Å²) in [7, 11) is 0. The van der Waals surface area contributed by atoms with Gasteiger partial charge >= 0.3 is 12.2 Å². The molecular formula is C16H19F3N4O4. The first-order chi connectivity index (χ1) is 12.8. The number of carbonyl (C=O) groups excluding carboxylic acids is 1. The predicted molar refractivity (Wildman–Crippen MR) is 89.7 cm³/mol. The van der Waals surface area contributed by atoms with Gasteiger partial charge in [-0.05, 0) is 6.07 Å². The van der Waals surface area contributed by atoms with Crippen LogP contribution < -0.4 is 4.90 Å². The van der Waals surface area contributed by atoms with E-state index in [1.54, 1.807) is 9.80 Å². The van der Waals surface area contributed by atoms with Crippen LogP contribution in [0, 0.1) is 10.1 Å². The van der Waals surface area contributed by atoms with Crippen molar-refractivity contribution in [1.29, 1.82) is 0 Å². The van der Waals surface area contributed by atoms with Gasteiger partial charge in [-0.15, -0.1) is 0 Å². The van der Waals surface area contributed by atoms with E-state index in [2.05, 4.69) is 0 Å². The van der Waals surface area contributed by atoms with Gasteiger partial charge in [-0.25, -0.2) is 4.79 Å². The SMILES string of the molecule is O=C(N1CCOCC1)N1CCN(c2ccc([N+](=O)[O-])cc2C(F)(F)F)CC1. The second kappa shape index (κ2) is 7.59. The van der Waals surface area contributed by atoms with Gasteiger partial charge in [0, 0.05) is 57.1 Å². The van der Waals surface area contributed by atoms with E-state index in [0.29, 0.717) is 32.4 Å². The highest BCUT2D eigenvalue weighted by atomic mass is 19.4. The third kappa shape index (κ3) is 4.24. The highest BCUT2D eigenvalue weighted by Crippen LogP contribution is 2.39. The number of piperazine rings is 1. The quantitative estimate of drug-likeness (QED) is 0.573. The molecule has 2 aliphatic rings. The van der Waals surface area contributed by atoms with Gasteiger partial charge in [0.05, 0.1) is 23.7 Å². The van der Waals surface area contributed by atoms with Crippen LogP contribution in [0.25, 0.3) is 0 Å². The van der Waals surface area contributed by atoms with Crippen molar-refractivity contribution in [2.45, 2.75) is 6.18 Å². The molecule has 0 saturated carbocycles. The van der Waals surface area contributed by atoms with E-state index < -0.39 is 22.4 Å². The first kappa shape index (κ1) is 19.2. The van der Waals surface area contributed by atoms with Crippen LogP contribution in [0.2, 0.25) is 0 Å². The van der Waals surface area contributed by atoms with Crippen molar-refractivity contribution in [3.63, 3.8) is 0 Å². The third-order valence-electron chi connectivity index (χ3n) is 4.67. The molecule has 1 aromatic rings. The van der Waals surface area contributed by atoms with Crippen molar-refractivity contribution in [2.75, 3.05) is 57.4 Å². The van der Waals surface area contributed by atoms with Crippen molar-refractivity contribution < 1.29 is 27.6 Å². The summed E-state index contributed by atoms with van der Waals surface area (Å²) in [6.45, 7) is 2.95.